The van der Waals surface area contributed by atoms with E-state index in [0.29, 0.717) is 45.1 Å². The van der Waals surface area contributed by atoms with Gasteiger partial charge in [0.25, 0.3) is 0 Å². The predicted molar refractivity (Wildman–Crippen MR) is 189 cm³/mol. The molecule has 0 amide bonds. The van der Waals surface area contributed by atoms with Crippen molar-refractivity contribution >= 4 is 29.7 Å². The average molecular weight is 725 g/mol. The first-order chi connectivity index (χ1) is 24.2. The molecule has 0 aliphatic heterocycles. The fourth-order valence-electron chi connectivity index (χ4n) is 9.09. The smallest absolute Gasteiger partial charge is 0.322 e. The SMILES string of the molecule is CC(C)CC(=O)OCC1C(CO)CC(CO)C1C1CCC(C2C(CO)CC(COC(=O)C(N)CCCN=C(N)N)C2COC(=O)CC(C)C)C1=O. The Hall–Kier alpha value is -2.81. The number of hydrogen-bond donors (Lipinski definition) is 6. The molecule has 0 spiro atoms. The molecule has 3 aliphatic carbocycles. The number of carbonyl (C=O) groups excluding carboxylic acids is 4. The highest BCUT2D eigenvalue weighted by atomic mass is 16.5. The summed E-state index contributed by atoms with van der Waals surface area (Å²) < 4.78 is 17.1. The molecule has 11 atom stereocenters. The molecular formula is C37H64N4O10. The lowest BCUT2D eigenvalue weighted by atomic mass is 9.73. The number of hydrogen-bond acceptors (Lipinski definition) is 12. The zero-order chi connectivity index (χ0) is 37.8. The highest BCUT2D eigenvalue weighted by Gasteiger charge is 2.56. The highest BCUT2D eigenvalue weighted by Crippen LogP contribution is 2.55. The molecule has 14 nitrogen and oxygen atoms in total. The van der Waals surface area contributed by atoms with Gasteiger partial charge in [0.05, 0.1) is 19.8 Å². The molecule has 14 heteroatoms. The van der Waals surface area contributed by atoms with Crippen LogP contribution in [-0.4, -0.2) is 97.2 Å². The second-order valence-corrected chi connectivity index (χ2v) is 16.0. The number of guanidine groups is 1. The number of aliphatic hydroxyl groups excluding tert-OH is 3. The zero-order valence-corrected chi connectivity index (χ0v) is 31.0. The van der Waals surface area contributed by atoms with Gasteiger partial charge in [0.1, 0.15) is 11.8 Å². The van der Waals surface area contributed by atoms with Crippen molar-refractivity contribution in [2.45, 2.75) is 85.1 Å². The first kappa shape index (κ1) is 42.6. The van der Waals surface area contributed by atoms with Crippen LogP contribution in [0.5, 0.6) is 0 Å². The molecule has 0 aromatic heterocycles. The summed E-state index contributed by atoms with van der Waals surface area (Å²) in [6.07, 6.45) is 3.42. The van der Waals surface area contributed by atoms with Crippen LogP contribution < -0.4 is 17.2 Å². The van der Waals surface area contributed by atoms with E-state index in [1.54, 1.807) is 0 Å². The van der Waals surface area contributed by atoms with Crippen LogP contribution in [0, 0.1) is 71.0 Å². The summed E-state index contributed by atoms with van der Waals surface area (Å²) in [5, 5.41) is 31.3. The molecule has 0 radical (unpaired) electrons. The molecule has 51 heavy (non-hydrogen) atoms. The summed E-state index contributed by atoms with van der Waals surface area (Å²) in [6, 6.07) is -0.879. The van der Waals surface area contributed by atoms with Crippen molar-refractivity contribution in [3.8, 4) is 0 Å². The minimum absolute atomic E-state index is 0.00137. The van der Waals surface area contributed by atoms with Gasteiger partial charge in [-0.15, -0.1) is 0 Å². The Balaban J connectivity index is 1.80. The Morgan fingerprint density at radius 2 is 1.22 bits per heavy atom. The molecule has 292 valence electrons. The topological polar surface area (TPSA) is 247 Å². The Morgan fingerprint density at radius 1 is 0.745 bits per heavy atom. The van der Waals surface area contributed by atoms with Crippen LogP contribution in [0.4, 0.5) is 0 Å². The quantitative estimate of drug-likeness (QED) is 0.0342. The van der Waals surface area contributed by atoms with Crippen molar-refractivity contribution in [2.75, 3.05) is 46.2 Å². The van der Waals surface area contributed by atoms with E-state index in [9.17, 15) is 34.5 Å². The van der Waals surface area contributed by atoms with E-state index in [4.69, 9.17) is 31.4 Å². The second kappa shape index (κ2) is 20.4. The van der Waals surface area contributed by atoms with Gasteiger partial charge in [0, 0.05) is 62.9 Å². The second-order valence-electron chi connectivity index (χ2n) is 16.0. The van der Waals surface area contributed by atoms with Crippen LogP contribution in [0.25, 0.3) is 0 Å². The molecule has 0 bridgehead atoms. The third-order valence-corrected chi connectivity index (χ3v) is 11.4. The number of carbonyl (C=O) groups is 4. The van der Waals surface area contributed by atoms with Gasteiger partial charge in [-0.05, 0) is 85.9 Å². The van der Waals surface area contributed by atoms with E-state index in [1.807, 2.05) is 27.7 Å². The Labute approximate surface area is 302 Å². The molecule has 3 fully saturated rings. The number of nitrogens with zero attached hydrogens (tertiary/aromatic N) is 1. The first-order valence-electron chi connectivity index (χ1n) is 18.9. The number of rotatable bonds is 20. The number of aliphatic hydroxyl groups is 3. The molecule has 3 saturated carbocycles. The van der Waals surface area contributed by atoms with Crippen LogP contribution in [0.2, 0.25) is 0 Å². The monoisotopic (exact) mass is 724 g/mol. The van der Waals surface area contributed by atoms with E-state index < -0.39 is 23.8 Å². The van der Waals surface area contributed by atoms with Crippen LogP contribution in [-0.2, 0) is 33.4 Å². The van der Waals surface area contributed by atoms with Gasteiger partial charge in [0.2, 0.25) is 0 Å². The number of esters is 3. The summed E-state index contributed by atoms with van der Waals surface area (Å²) in [5.74, 6) is -4.19. The van der Waals surface area contributed by atoms with Gasteiger partial charge in [0.15, 0.2) is 5.96 Å². The highest BCUT2D eigenvalue weighted by molar-refractivity contribution is 5.86. The maximum Gasteiger partial charge on any atom is 0.322 e. The summed E-state index contributed by atoms with van der Waals surface area (Å²) in [4.78, 5) is 56.4. The van der Waals surface area contributed by atoms with Crippen molar-refractivity contribution in [2.24, 2.45) is 93.2 Å². The largest absolute Gasteiger partial charge is 0.465 e. The molecule has 0 heterocycles. The van der Waals surface area contributed by atoms with E-state index in [-0.39, 0.29) is 135 Å². The molecular weight excluding hydrogens is 660 g/mol. The fraction of sp³-hybridized carbons (Fsp3) is 0.865. The van der Waals surface area contributed by atoms with Crippen molar-refractivity contribution in [3.05, 3.63) is 0 Å². The van der Waals surface area contributed by atoms with E-state index in [1.165, 1.54) is 0 Å². The summed E-state index contributed by atoms with van der Waals surface area (Å²) in [5.41, 5.74) is 16.8. The van der Waals surface area contributed by atoms with Crippen LogP contribution >= 0.6 is 0 Å². The van der Waals surface area contributed by atoms with Gasteiger partial charge in [-0.3, -0.25) is 24.2 Å². The Kier molecular flexibility index (Phi) is 17.1. The molecule has 9 N–H and O–H groups in total. The van der Waals surface area contributed by atoms with Gasteiger partial charge in [-0.25, -0.2) is 0 Å². The average Bonchev–Trinajstić information content (AvgIpc) is 3.73. The van der Waals surface area contributed by atoms with E-state index >= 15 is 0 Å². The van der Waals surface area contributed by atoms with Crippen LogP contribution in [0.15, 0.2) is 4.99 Å². The van der Waals surface area contributed by atoms with Crippen molar-refractivity contribution in [1.82, 2.24) is 0 Å². The molecule has 0 aromatic rings. The van der Waals surface area contributed by atoms with Gasteiger partial charge in [-0.1, -0.05) is 27.7 Å². The Bertz CT molecular complexity index is 1180. The summed E-state index contributed by atoms with van der Waals surface area (Å²) in [7, 11) is 0. The number of ketones is 1. The van der Waals surface area contributed by atoms with Crippen LogP contribution in [0.3, 0.4) is 0 Å². The van der Waals surface area contributed by atoms with Crippen molar-refractivity contribution < 1.29 is 48.7 Å². The zero-order valence-electron chi connectivity index (χ0n) is 31.0. The van der Waals surface area contributed by atoms with E-state index in [0.717, 1.165) is 0 Å². The van der Waals surface area contributed by atoms with Gasteiger partial charge in [-0.2, -0.15) is 0 Å². The Morgan fingerprint density at radius 3 is 1.67 bits per heavy atom. The summed E-state index contributed by atoms with van der Waals surface area (Å²) in [6.45, 7) is 7.67. The maximum absolute atomic E-state index is 14.5. The molecule has 11 unspecified atom stereocenters. The number of Topliss-reactive ketones (excluding diaryl/α,β-unsaturated/α-hetero) is 1. The maximum atomic E-state index is 14.5. The number of aliphatic imine (C=N–C) groups is 1. The number of ether oxygens (including phenoxy) is 3. The third-order valence-electron chi connectivity index (χ3n) is 11.4. The summed E-state index contributed by atoms with van der Waals surface area (Å²) >= 11 is 0. The van der Waals surface area contributed by atoms with E-state index in [2.05, 4.69) is 4.99 Å². The molecule has 0 saturated heterocycles. The van der Waals surface area contributed by atoms with Gasteiger partial charge < -0.3 is 46.7 Å². The molecule has 3 aliphatic rings. The number of nitrogens with two attached hydrogens (primary N) is 3. The van der Waals surface area contributed by atoms with Crippen molar-refractivity contribution in [1.29, 1.82) is 0 Å². The van der Waals surface area contributed by atoms with Gasteiger partial charge >= 0.3 is 17.9 Å². The minimum Gasteiger partial charge on any atom is -0.465 e. The fourth-order valence-corrected chi connectivity index (χ4v) is 9.09. The van der Waals surface area contributed by atoms with Crippen molar-refractivity contribution in [3.63, 3.8) is 0 Å². The molecule has 0 aromatic carbocycles. The first-order valence-corrected chi connectivity index (χ1v) is 18.9. The minimum atomic E-state index is -0.879. The normalized spacial score (nSPS) is 31.2. The lowest BCUT2D eigenvalue weighted by molar-refractivity contribution is -0.151. The lowest BCUT2D eigenvalue weighted by Crippen LogP contribution is -2.39. The van der Waals surface area contributed by atoms with Crippen LogP contribution in [0.1, 0.15) is 79.1 Å². The molecule has 3 rings (SSSR count). The standard InChI is InChI=1S/C37H64N4O10/c1-20(2)10-31(45)49-18-28-22(14-42)12-23(15-43)33(28)26-7-8-27(35(26)47)34-24(16-44)13-25(29(34)19-50-32(46)11-21(3)4)17-51-36(48)30(38)6-5-9-41-37(39)40/h20-30,33-34,42-44H,5-19,38H2,1-4H3,(H4,39,40,41). The third kappa shape index (κ3) is 11.8. The predicted octanol–water partition coefficient (Wildman–Crippen LogP) is 1.40. The lowest BCUT2D eigenvalue weighted by Gasteiger charge is -2.33.